The fourth-order valence-corrected chi connectivity index (χ4v) is 4.58. The molecule has 34 heavy (non-hydrogen) atoms. The number of fused-ring (bicyclic) bond motifs is 2. The predicted molar refractivity (Wildman–Crippen MR) is 124 cm³/mol. The van der Waals surface area contributed by atoms with Gasteiger partial charge in [0.25, 0.3) is 0 Å². The van der Waals surface area contributed by atoms with Gasteiger partial charge in [-0.3, -0.25) is 0 Å². The molecule has 0 radical (unpaired) electrons. The quantitative estimate of drug-likeness (QED) is 0.277. The predicted octanol–water partition coefficient (Wildman–Crippen LogP) is 2.44. The molecule has 2 heterocycles. The van der Waals surface area contributed by atoms with E-state index in [-0.39, 0.29) is 13.1 Å². The first-order chi connectivity index (χ1) is 16.5. The Morgan fingerprint density at radius 1 is 0.647 bits per heavy atom. The van der Waals surface area contributed by atoms with Crippen molar-refractivity contribution < 1.29 is 28.9 Å². The Morgan fingerprint density at radius 2 is 1.00 bits per heavy atom. The van der Waals surface area contributed by atoms with E-state index in [9.17, 15) is 9.59 Å². The third-order valence-electron chi connectivity index (χ3n) is 5.96. The fourth-order valence-electron chi connectivity index (χ4n) is 4.58. The molecule has 170 valence electrons. The van der Waals surface area contributed by atoms with Crippen LogP contribution in [0.3, 0.4) is 0 Å². The summed E-state index contributed by atoms with van der Waals surface area (Å²) in [5.74, 6) is -1.75. The van der Waals surface area contributed by atoms with Crippen LogP contribution in [0.1, 0.15) is 11.1 Å². The van der Waals surface area contributed by atoms with Gasteiger partial charge in [-0.2, -0.15) is 0 Å². The Balaban J connectivity index is 1.61. The lowest BCUT2D eigenvalue weighted by atomic mass is 9.91. The van der Waals surface area contributed by atoms with Gasteiger partial charge in [0, 0.05) is 11.1 Å². The first kappa shape index (κ1) is 21.4. The molecule has 0 amide bonds. The first-order valence-corrected chi connectivity index (χ1v) is 10.9. The van der Waals surface area contributed by atoms with Crippen molar-refractivity contribution in [2.24, 2.45) is 0 Å². The maximum Gasteiger partial charge on any atom is 0.346 e. The number of carboxylic acids is 2. The van der Waals surface area contributed by atoms with E-state index in [1.807, 2.05) is 58.4 Å². The van der Waals surface area contributed by atoms with Crippen LogP contribution in [0.2, 0.25) is 0 Å². The maximum absolute atomic E-state index is 11.1. The van der Waals surface area contributed by atoms with Crippen LogP contribution in [0.25, 0.3) is 21.5 Å². The summed E-state index contributed by atoms with van der Waals surface area (Å²) < 4.78 is 7.30. The molecule has 3 aromatic carbocycles. The van der Waals surface area contributed by atoms with Crippen LogP contribution >= 0.6 is 0 Å². The average Bonchev–Trinajstić information content (AvgIpc) is 3.44. The van der Waals surface area contributed by atoms with E-state index in [2.05, 4.69) is 24.3 Å². The van der Waals surface area contributed by atoms with Crippen molar-refractivity contribution in [2.75, 3.05) is 0 Å². The van der Waals surface area contributed by atoms with Gasteiger partial charge in [0.05, 0.1) is 0 Å². The minimum Gasteiger partial charge on any atom is -0.478 e. The molecule has 5 rings (SSSR count). The molecule has 0 saturated carbocycles. The summed E-state index contributed by atoms with van der Waals surface area (Å²) in [6.45, 7) is 1.06. The van der Waals surface area contributed by atoms with Crippen LogP contribution in [0.15, 0.2) is 86.0 Å². The number of carbonyl (C=O) groups is 2. The molecule has 8 heteroatoms. The van der Waals surface area contributed by atoms with Gasteiger partial charge in [-0.1, -0.05) is 48.5 Å². The van der Waals surface area contributed by atoms with E-state index in [1.165, 1.54) is 11.1 Å². The van der Waals surface area contributed by atoms with Crippen molar-refractivity contribution in [3.8, 4) is 0 Å². The van der Waals surface area contributed by atoms with Crippen molar-refractivity contribution in [1.29, 1.82) is 0 Å². The van der Waals surface area contributed by atoms with Gasteiger partial charge in [0.2, 0.25) is 12.7 Å². The van der Waals surface area contributed by atoms with Gasteiger partial charge in [-0.25, -0.2) is 27.9 Å². The first-order valence-electron chi connectivity index (χ1n) is 10.9. The molecule has 8 nitrogen and oxygen atoms in total. The summed E-state index contributed by atoms with van der Waals surface area (Å²) >= 11 is 0. The largest absolute Gasteiger partial charge is 0.478 e. The van der Waals surface area contributed by atoms with Crippen LogP contribution in [0.4, 0.5) is 0 Å². The van der Waals surface area contributed by atoms with Crippen molar-refractivity contribution >= 4 is 33.5 Å². The molecule has 2 N–H and O–H groups in total. The van der Waals surface area contributed by atoms with Gasteiger partial charge in [-0.05, 0) is 21.5 Å². The van der Waals surface area contributed by atoms with Crippen molar-refractivity contribution in [3.63, 3.8) is 0 Å². The number of benzene rings is 3. The number of hydrogen-bond donors (Lipinski definition) is 2. The van der Waals surface area contributed by atoms with Crippen LogP contribution < -0.4 is 9.13 Å². The molecule has 0 aliphatic heterocycles. The number of carboxylic acid groups (broad SMARTS) is 2. The molecular weight excluding hydrogens is 432 g/mol. The van der Waals surface area contributed by atoms with Crippen LogP contribution in [-0.2, 0) is 35.8 Å². The lowest BCUT2D eigenvalue weighted by Gasteiger charge is -2.15. The van der Waals surface area contributed by atoms with Crippen molar-refractivity contribution in [1.82, 2.24) is 9.13 Å². The van der Waals surface area contributed by atoms with Gasteiger partial charge in [0.1, 0.15) is 37.9 Å². The second-order valence-electron chi connectivity index (χ2n) is 8.35. The topological polar surface area (TPSA) is 92.2 Å². The highest BCUT2D eigenvalue weighted by Gasteiger charge is 2.18. The highest BCUT2D eigenvalue weighted by molar-refractivity contribution is 6.05. The van der Waals surface area contributed by atoms with Crippen LogP contribution in [0.5, 0.6) is 0 Å². The third-order valence-corrected chi connectivity index (χ3v) is 5.96. The fraction of sp³-hybridized carbons (Fsp3) is 0.154. The van der Waals surface area contributed by atoms with E-state index in [0.29, 0.717) is 13.1 Å². The van der Waals surface area contributed by atoms with Gasteiger partial charge in [0.15, 0.2) is 13.1 Å². The summed E-state index contributed by atoms with van der Waals surface area (Å²) in [4.78, 5) is 22.1. The summed E-state index contributed by atoms with van der Waals surface area (Å²) in [5.41, 5.74) is 2.34. The second-order valence-corrected chi connectivity index (χ2v) is 8.35. The standard InChI is InChI=1S/C26H22N4O4/c31-25(32)15-29-11-9-27(17-29)13-23-19-5-1-2-6-20(19)24(22-8-4-3-7-21(22)23)14-28-10-12-30(18-28)16-26(33)34/h1-12,17-18H,13-16H2/p+2. The van der Waals surface area contributed by atoms with Crippen molar-refractivity contribution in [2.45, 2.75) is 26.2 Å². The molecule has 0 saturated heterocycles. The number of aliphatic carboxylic acids is 2. The summed E-state index contributed by atoms with van der Waals surface area (Å²) in [6.07, 6.45) is 10.9. The molecular formula is C26H24N4O4+2. The number of imidazole rings is 2. The summed E-state index contributed by atoms with van der Waals surface area (Å²) in [5, 5.41) is 22.7. The lowest BCUT2D eigenvalue weighted by Crippen LogP contribution is -2.33. The Labute approximate surface area is 195 Å². The Morgan fingerprint density at radius 3 is 1.32 bits per heavy atom. The minimum absolute atomic E-state index is 0.0772. The van der Waals surface area contributed by atoms with E-state index in [1.54, 1.807) is 21.5 Å². The molecule has 5 aromatic rings. The average molecular weight is 457 g/mol. The Bertz CT molecular complexity index is 1360. The molecule has 0 bridgehead atoms. The molecule has 2 aromatic heterocycles. The zero-order valence-corrected chi connectivity index (χ0v) is 18.4. The highest BCUT2D eigenvalue weighted by atomic mass is 16.4. The molecule has 0 atom stereocenters. The SMILES string of the molecule is O=C(O)Cn1cc[n+](Cc2c3ccccc3c(C[n+]3ccn(CC(=O)O)c3)c3ccccc23)c1. The second kappa shape index (κ2) is 8.82. The minimum atomic E-state index is -0.877. The number of aromatic nitrogens is 4. The maximum atomic E-state index is 11.1. The smallest absolute Gasteiger partial charge is 0.346 e. The summed E-state index contributed by atoms with van der Waals surface area (Å²) in [7, 11) is 0. The number of rotatable bonds is 8. The highest BCUT2D eigenvalue weighted by Crippen LogP contribution is 2.33. The molecule has 0 aliphatic carbocycles. The molecule has 0 aliphatic rings. The van der Waals surface area contributed by atoms with E-state index in [0.717, 1.165) is 21.5 Å². The van der Waals surface area contributed by atoms with E-state index >= 15 is 0 Å². The van der Waals surface area contributed by atoms with Gasteiger partial charge >= 0.3 is 11.9 Å². The van der Waals surface area contributed by atoms with E-state index < -0.39 is 11.9 Å². The molecule has 0 unspecified atom stereocenters. The van der Waals surface area contributed by atoms with Gasteiger partial charge < -0.3 is 10.2 Å². The number of hydrogen-bond acceptors (Lipinski definition) is 2. The normalized spacial score (nSPS) is 11.3. The van der Waals surface area contributed by atoms with Crippen molar-refractivity contribution in [3.05, 3.63) is 97.1 Å². The van der Waals surface area contributed by atoms with Crippen LogP contribution in [-0.4, -0.2) is 31.3 Å². The zero-order valence-electron chi connectivity index (χ0n) is 18.4. The third kappa shape index (κ3) is 4.25. The molecule has 0 fully saturated rings. The lowest BCUT2D eigenvalue weighted by molar-refractivity contribution is -0.687. The summed E-state index contributed by atoms with van der Waals surface area (Å²) in [6, 6.07) is 16.6. The molecule has 0 spiro atoms. The van der Waals surface area contributed by atoms with E-state index in [4.69, 9.17) is 10.2 Å². The zero-order chi connectivity index (χ0) is 23.7. The monoisotopic (exact) mass is 456 g/mol. The van der Waals surface area contributed by atoms with Crippen LogP contribution in [0, 0.1) is 0 Å². The Kier molecular flexibility index (Phi) is 5.55. The van der Waals surface area contributed by atoms with Gasteiger partial charge in [-0.15, -0.1) is 0 Å². The number of nitrogens with zero attached hydrogens (tertiary/aromatic N) is 4. The Hall–Kier alpha value is -4.46.